The van der Waals surface area contributed by atoms with Gasteiger partial charge in [0.1, 0.15) is 0 Å². The van der Waals surface area contributed by atoms with E-state index in [1.54, 1.807) is 4.90 Å². The van der Waals surface area contributed by atoms with Gasteiger partial charge in [-0.25, -0.2) is 4.79 Å². The molecule has 1 heterocycles. The molecular weight excluding hydrogens is 276 g/mol. The molecule has 21 heavy (non-hydrogen) atoms. The van der Waals surface area contributed by atoms with Crippen LogP contribution in [0.3, 0.4) is 0 Å². The van der Waals surface area contributed by atoms with E-state index in [1.807, 2.05) is 11.8 Å². The lowest BCUT2D eigenvalue weighted by molar-refractivity contribution is -0.138. The Kier molecular flexibility index (Phi) is 7.52. The fourth-order valence-electron chi connectivity index (χ4n) is 2.12. The molecule has 1 aliphatic rings. The van der Waals surface area contributed by atoms with Gasteiger partial charge in [0, 0.05) is 32.7 Å². The van der Waals surface area contributed by atoms with E-state index in [0.717, 1.165) is 12.8 Å². The van der Waals surface area contributed by atoms with Crippen molar-refractivity contribution in [2.45, 2.75) is 19.8 Å². The second kappa shape index (κ2) is 9.17. The summed E-state index contributed by atoms with van der Waals surface area (Å²) in [6.07, 6.45) is 1.58. The smallest absolute Gasteiger partial charge is 0.317 e. The number of carbonyl (C=O) groups excluding carboxylic acids is 2. The summed E-state index contributed by atoms with van der Waals surface area (Å²) in [5, 5.41) is 14.0. The number of nitrogens with one attached hydrogen (secondary N) is 2. The molecule has 0 saturated carbocycles. The van der Waals surface area contributed by atoms with Crippen LogP contribution in [0, 0.1) is 0 Å². The van der Waals surface area contributed by atoms with Crippen molar-refractivity contribution in [3.05, 3.63) is 0 Å². The molecule has 3 N–H and O–H groups in total. The Balaban J connectivity index is 2.31. The number of hydrogen-bond acceptors (Lipinski definition) is 4. The van der Waals surface area contributed by atoms with Crippen molar-refractivity contribution < 1.29 is 19.5 Å². The van der Waals surface area contributed by atoms with Crippen molar-refractivity contribution in [2.24, 2.45) is 0 Å². The summed E-state index contributed by atoms with van der Waals surface area (Å²) in [6, 6.07) is -0.279. The van der Waals surface area contributed by atoms with Gasteiger partial charge in [-0.2, -0.15) is 0 Å². The third kappa shape index (κ3) is 6.94. The summed E-state index contributed by atoms with van der Waals surface area (Å²) >= 11 is 0. The van der Waals surface area contributed by atoms with Crippen LogP contribution in [0.1, 0.15) is 19.8 Å². The van der Waals surface area contributed by atoms with Crippen LogP contribution < -0.4 is 10.6 Å². The highest BCUT2D eigenvalue weighted by atomic mass is 16.4. The number of urea groups is 1. The minimum absolute atomic E-state index is 0.00508. The normalized spacial score (nSPS) is 16.1. The van der Waals surface area contributed by atoms with E-state index in [-0.39, 0.29) is 25.0 Å². The highest BCUT2D eigenvalue weighted by Gasteiger charge is 2.20. The van der Waals surface area contributed by atoms with Crippen LogP contribution in [-0.4, -0.2) is 78.6 Å². The maximum absolute atomic E-state index is 12.0. The summed E-state index contributed by atoms with van der Waals surface area (Å²) < 4.78 is 0. The molecule has 0 aliphatic carbocycles. The quantitative estimate of drug-likeness (QED) is 0.603. The van der Waals surface area contributed by atoms with Crippen molar-refractivity contribution in [3.63, 3.8) is 0 Å². The molecule has 0 atom stereocenters. The lowest BCUT2D eigenvalue weighted by Gasteiger charge is -2.21. The van der Waals surface area contributed by atoms with Gasteiger partial charge >= 0.3 is 12.0 Å². The second-order valence-corrected chi connectivity index (χ2v) is 5.02. The van der Waals surface area contributed by atoms with E-state index < -0.39 is 5.97 Å². The predicted molar refractivity (Wildman–Crippen MR) is 77.0 cm³/mol. The molecule has 0 radical (unpaired) electrons. The summed E-state index contributed by atoms with van der Waals surface area (Å²) in [7, 11) is 0. The summed E-state index contributed by atoms with van der Waals surface area (Å²) in [5.41, 5.74) is 0. The fraction of sp³-hybridized carbons (Fsp3) is 0.769. The number of hydrogen-bond donors (Lipinski definition) is 3. The van der Waals surface area contributed by atoms with Crippen LogP contribution >= 0.6 is 0 Å². The maximum atomic E-state index is 12.0. The number of carboxylic acids is 1. The summed E-state index contributed by atoms with van der Waals surface area (Å²) in [5.74, 6) is -1.06. The molecule has 0 spiro atoms. The molecule has 1 aliphatic heterocycles. The molecule has 8 heteroatoms. The zero-order valence-corrected chi connectivity index (χ0v) is 12.4. The number of nitrogens with zero attached hydrogens (tertiary/aromatic N) is 2. The number of amides is 3. The van der Waals surface area contributed by atoms with Gasteiger partial charge in [-0.05, 0) is 12.8 Å². The average Bonchev–Trinajstić information content (AvgIpc) is 2.67. The molecule has 0 aromatic carbocycles. The van der Waals surface area contributed by atoms with Crippen LogP contribution in [-0.2, 0) is 9.59 Å². The predicted octanol–water partition coefficient (Wildman–Crippen LogP) is -0.685. The first-order valence-electron chi connectivity index (χ1n) is 7.26. The van der Waals surface area contributed by atoms with Crippen LogP contribution in [0.2, 0.25) is 0 Å². The molecule has 1 fully saturated rings. The minimum Gasteiger partial charge on any atom is -0.480 e. The average molecular weight is 300 g/mol. The second-order valence-electron chi connectivity index (χ2n) is 5.02. The Morgan fingerprint density at radius 3 is 2.52 bits per heavy atom. The van der Waals surface area contributed by atoms with Gasteiger partial charge < -0.3 is 20.6 Å². The lowest BCUT2D eigenvalue weighted by Crippen LogP contribution is -2.45. The maximum Gasteiger partial charge on any atom is 0.317 e. The highest BCUT2D eigenvalue weighted by Crippen LogP contribution is 2.03. The van der Waals surface area contributed by atoms with E-state index in [9.17, 15) is 14.4 Å². The molecule has 0 aromatic rings. The Morgan fingerprint density at radius 2 is 1.86 bits per heavy atom. The van der Waals surface area contributed by atoms with Crippen LogP contribution in [0.15, 0.2) is 0 Å². The fourth-order valence-corrected chi connectivity index (χ4v) is 2.12. The summed E-state index contributed by atoms with van der Waals surface area (Å²) in [6.45, 7) is 4.74. The SMILES string of the molecule is CCCNC(=O)CNC(=O)N1CCCN(CC(=O)O)CC1. The monoisotopic (exact) mass is 300 g/mol. The number of rotatable bonds is 6. The largest absolute Gasteiger partial charge is 0.480 e. The van der Waals surface area contributed by atoms with Gasteiger partial charge in [0.25, 0.3) is 0 Å². The van der Waals surface area contributed by atoms with Gasteiger partial charge in [-0.3, -0.25) is 14.5 Å². The van der Waals surface area contributed by atoms with E-state index in [0.29, 0.717) is 32.7 Å². The number of carboxylic acid groups (broad SMARTS) is 1. The lowest BCUT2D eigenvalue weighted by atomic mass is 10.4. The van der Waals surface area contributed by atoms with Gasteiger partial charge in [0.2, 0.25) is 5.91 Å². The Labute approximate surface area is 124 Å². The first-order chi connectivity index (χ1) is 10.0. The van der Waals surface area contributed by atoms with Gasteiger partial charge in [0.05, 0.1) is 13.1 Å². The van der Waals surface area contributed by atoms with E-state index in [2.05, 4.69) is 10.6 Å². The topological polar surface area (TPSA) is 102 Å². The van der Waals surface area contributed by atoms with Gasteiger partial charge in [-0.15, -0.1) is 0 Å². The molecular formula is C13H24N4O4. The minimum atomic E-state index is -0.861. The molecule has 0 bridgehead atoms. The van der Waals surface area contributed by atoms with E-state index in [4.69, 9.17) is 5.11 Å². The van der Waals surface area contributed by atoms with Crippen LogP contribution in [0.5, 0.6) is 0 Å². The first kappa shape index (κ1) is 17.2. The molecule has 1 rings (SSSR count). The first-order valence-corrected chi connectivity index (χ1v) is 7.26. The molecule has 8 nitrogen and oxygen atoms in total. The van der Waals surface area contributed by atoms with Crippen molar-refractivity contribution >= 4 is 17.9 Å². The van der Waals surface area contributed by atoms with Crippen LogP contribution in [0.4, 0.5) is 4.79 Å². The molecule has 0 unspecified atom stereocenters. The standard InChI is InChI=1S/C13H24N4O4/c1-2-4-14-11(18)9-15-13(21)17-6-3-5-16(7-8-17)10-12(19)20/h2-10H2,1H3,(H,14,18)(H,15,21)(H,19,20). The molecule has 120 valence electrons. The molecule has 1 saturated heterocycles. The number of aliphatic carboxylic acids is 1. The third-order valence-electron chi connectivity index (χ3n) is 3.21. The Bertz CT molecular complexity index is 375. The zero-order valence-electron chi connectivity index (χ0n) is 12.4. The zero-order chi connectivity index (χ0) is 15.7. The Morgan fingerprint density at radius 1 is 1.10 bits per heavy atom. The van der Waals surface area contributed by atoms with Crippen molar-refractivity contribution in [2.75, 3.05) is 45.8 Å². The third-order valence-corrected chi connectivity index (χ3v) is 3.21. The molecule has 0 aromatic heterocycles. The van der Waals surface area contributed by atoms with Crippen molar-refractivity contribution in [1.29, 1.82) is 0 Å². The summed E-state index contributed by atoms with van der Waals surface area (Å²) in [4.78, 5) is 37.5. The highest BCUT2D eigenvalue weighted by molar-refractivity contribution is 5.83. The van der Waals surface area contributed by atoms with Crippen molar-refractivity contribution in [3.8, 4) is 0 Å². The Hall–Kier alpha value is -1.83. The van der Waals surface area contributed by atoms with Gasteiger partial charge in [-0.1, -0.05) is 6.92 Å². The van der Waals surface area contributed by atoms with Crippen LogP contribution in [0.25, 0.3) is 0 Å². The van der Waals surface area contributed by atoms with E-state index in [1.165, 1.54) is 0 Å². The van der Waals surface area contributed by atoms with Gasteiger partial charge in [0.15, 0.2) is 0 Å². The van der Waals surface area contributed by atoms with E-state index >= 15 is 0 Å². The molecule has 3 amide bonds. The van der Waals surface area contributed by atoms with Crippen molar-refractivity contribution in [1.82, 2.24) is 20.4 Å². The number of carbonyl (C=O) groups is 3.